The zero-order valence-electron chi connectivity index (χ0n) is 17.2. The van der Waals surface area contributed by atoms with Crippen molar-refractivity contribution in [2.24, 2.45) is 5.92 Å². The summed E-state index contributed by atoms with van der Waals surface area (Å²) in [5, 5.41) is 2.95. The van der Waals surface area contributed by atoms with Crippen LogP contribution in [0.4, 0.5) is 5.69 Å². The van der Waals surface area contributed by atoms with Gasteiger partial charge in [0, 0.05) is 30.5 Å². The fourth-order valence-electron chi connectivity index (χ4n) is 4.55. The molecule has 2 aliphatic rings. The molecule has 2 aromatic rings. The van der Waals surface area contributed by atoms with E-state index in [9.17, 15) is 13.2 Å². The average molecular weight is 428 g/mol. The fraction of sp³-hybridized carbons (Fsp3) is 0.478. The Balaban J connectivity index is 1.50. The third-order valence-corrected chi connectivity index (χ3v) is 8.15. The van der Waals surface area contributed by atoms with Gasteiger partial charge in [0.15, 0.2) is 0 Å². The molecule has 7 heteroatoms. The molecule has 1 aliphatic heterocycles. The summed E-state index contributed by atoms with van der Waals surface area (Å²) in [6, 6.07) is 10.2. The number of sulfonamides is 1. The number of benzene rings is 1. The highest BCUT2D eigenvalue weighted by Crippen LogP contribution is 2.35. The van der Waals surface area contributed by atoms with E-state index in [-0.39, 0.29) is 22.8 Å². The lowest BCUT2D eigenvalue weighted by molar-refractivity contribution is -0.120. The molecule has 1 unspecified atom stereocenters. The molecule has 1 N–H and O–H groups in total. The Hall–Kier alpha value is -2.25. The van der Waals surface area contributed by atoms with E-state index in [1.54, 1.807) is 41.0 Å². The number of rotatable bonds is 5. The molecular formula is C23H29N3O3S. The van der Waals surface area contributed by atoms with Crippen LogP contribution in [0.2, 0.25) is 0 Å². The number of carbonyl (C=O) groups is 1. The molecule has 1 amide bonds. The SMILES string of the molecule is O=C(Nc1ccc(S(=O)(=O)N2CCCCC2c2cccnc2)cc1)C1CCCCC1. The number of hydrogen-bond acceptors (Lipinski definition) is 4. The standard InChI is InChI=1S/C23H29N3O3S/c27-23(18-7-2-1-3-8-18)25-20-11-13-21(14-12-20)30(28,29)26-16-5-4-10-22(26)19-9-6-15-24-17-19/h6,9,11-15,17-18,22H,1-5,7-8,10,16H2,(H,25,27). The molecule has 1 aliphatic carbocycles. The van der Waals surface area contributed by atoms with Gasteiger partial charge < -0.3 is 5.32 Å². The van der Waals surface area contributed by atoms with Crippen LogP contribution in [0.3, 0.4) is 0 Å². The van der Waals surface area contributed by atoms with Crippen molar-refractivity contribution in [3.63, 3.8) is 0 Å². The van der Waals surface area contributed by atoms with Crippen LogP contribution in [0, 0.1) is 5.92 Å². The van der Waals surface area contributed by atoms with E-state index in [2.05, 4.69) is 10.3 Å². The molecule has 2 heterocycles. The molecule has 2 fully saturated rings. The first-order chi connectivity index (χ1) is 14.6. The topological polar surface area (TPSA) is 79.4 Å². The van der Waals surface area contributed by atoms with Gasteiger partial charge in [-0.05, 0) is 61.6 Å². The van der Waals surface area contributed by atoms with Crippen LogP contribution in [0.1, 0.15) is 63.0 Å². The highest BCUT2D eigenvalue weighted by atomic mass is 32.2. The number of carbonyl (C=O) groups excluding carboxylic acids is 1. The summed E-state index contributed by atoms with van der Waals surface area (Å²) in [6.45, 7) is 0.502. The van der Waals surface area contributed by atoms with Crippen molar-refractivity contribution >= 4 is 21.6 Å². The summed E-state index contributed by atoms with van der Waals surface area (Å²) in [4.78, 5) is 16.9. The first-order valence-electron chi connectivity index (χ1n) is 10.9. The van der Waals surface area contributed by atoms with Crippen molar-refractivity contribution in [1.82, 2.24) is 9.29 Å². The van der Waals surface area contributed by atoms with Gasteiger partial charge in [-0.15, -0.1) is 0 Å². The van der Waals surface area contributed by atoms with E-state index in [4.69, 9.17) is 0 Å². The van der Waals surface area contributed by atoms with Crippen molar-refractivity contribution < 1.29 is 13.2 Å². The minimum absolute atomic E-state index is 0.0398. The molecule has 1 aromatic carbocycles. The lowest BCUT2D eigenvalue weighted by Gasteiger charge is -2.34. The van der Waals surface area contributed by atoms with Gasteiger partial charge in [-0.1, -0.05) is 31.7 Å². The van der Waals surface area contributed by atoms with Crippen molar-refractivity contribution in [2.45, 2.75) is 62.3 Å². The van der Waals surface area contributed by atoms with Gasteiger partial charge in [-0.2, -0.15) is 4.31 Å². The van der Waals surface area contributed by atoms with E-state index >= 15 is 0 Å². The molecule has 30 heavy (non-hydrogen) atoms. The first-order valence-corrected chi connectivity index (χ1v) is 12.3. The Labute approximate surface area is 178 Å². The number of aromatic nitrogens is 1. The third kappa shape index (κ3) is 4.57. The molecule has 160 valence electrons. The monoisotopic (exact) mass is 427 g/mol. The Bertz CT molecular complexity index is 955. The van der Waals surface area contributed by atoms with Crippen LogP contribution >= 0.6 is 0 Å². The largest absolute Gasteiger partial charge is 0.326 e. The second-order valence-electron chi connectivity index (χ2n) is 8.26. The van der Waals surface area contributed by atoms with E-state index in [0.29, 0.717) is 12.2 Å². The van der Waals surface area contributed by atoms with Crippen molar-refractivity contribution in [3.05, 3.63) is 54.4 Å². The van der Waals surface area contributed by atoms with E-state index in [1.807, 2.05) is 12.1 Å². The number of anilines is 1. The maximum absolute atomic E-state index is 13.4. The van der Waals surface area contributed by atoms with Crippen molar-refractivity contribution in [1.29, 1.82) is 0 Å². The highest BCUT2D eigenvalue weighted by Gasteiger charge is 2.34. The van der Waals surface area contributed by atoms with Gasteiger partial charge >= 0.3 is 0 Å². The van der Waals surface area contributed by atoms with Crippen LogP contribution in [-0.2, 0) is 14.8 Å². The maximum atomic E-state index is 13.4. The average Bonchev–Trinajstić information content (AvgIpc) is 2.80. The normalized spacial score (nSPS) is 21.3. The van der Waals surface area contributed by atoms with Gasteiger partial charge in [0.1, 0.15) is 0 Å². The summed E-state index contributed by atoms with van der Waals surface area (Å²) in [5.74, 6) is 0.105. The minimum Gasteiger partial charge on any atom is -0.326 e. The van der Waals surface area contributed by atoms with Crippen LogP contribution in [0.5, 0.6) is 0 Å². The minimum atomic E-state index is -3.63. The number of amides is 1. The Morgan fingerprint density at radius 1 is 0.967 bits per heavy atom. The Morgan fingerprint density at radius 2 is 1.70 bits per heavy atom. The van der Waals surface area contributed by atoms with E-state index in [1.165, 1.54) is 6.42 Å². The summed E-state index contributed by atoms with van der Waals surface area (Å²) in [6.07, 6.45) is 11.4. The van der Waals surface area contributed by atoms with Gasteiger partial charge in [0.05, 0.1) is 10.9 Å². The number of pyridine rings is 1. The molecular weight excluding hydrogens is 398 g/mol. The van der Waals surface area contributed by atoms with Crippen LogP contribution in [0.25, 0.3) is 0 Å². The number of hydrogen-bond donors (Lipinski definition) is 1. The Morgan fingerprint density at radius 3 is 2.40 bits per heavy atom. The van der Waals surface area contributed by atoms with E-state index in [0.717, 1.165) is 50.5 Å². The molecule has 0 radical (unpaired) electrons. The number of nitrogens with zero attached hydrogens (tertiary/aromatic N) is 2. The number of piperidine rings is 1. The number of nitrogens with one attached hydrogen (secondary N) is 1. The predicted octanol–water partition coefficient (Wildman–Crippen LogP) is 4.52. The smallest absolute Gasteiger partial charge is 0.243 e. The molecule has 1 saturated carbocycles. The fourth-order valence-corrected chi connectivity index (χ4v) is 6.24. The van der Waals surface area contributed by atoms with Crippen molar-refractivity contribution in [2.75, 3.05) is 11.9 Å². The lowest BCUT2D eigenvalue weighted by Crippen LogP contribution is -2.38. The zero-order chi connectivity index (χ0) is 21.0. The highest BCUT2D eigenvalue weighted by molar-refractivity contribution is 7.89. The third-order valence-electron chi connectivity index (χ3n) is 6.23. The molecule has 1 saturated heterocycles. The second kappa shape index (κ2) is 9.27. The molecule has 4 rings (SSSR count). The van der Waals surface area contributed by atoms with Gasteiger partial charge in [-0.3, -0.25) is 9.78 Å². The predicted molar refractivity (Wildman–Crippen MR) is 116 cm³/mol. The van der Waals surface area contributed by atoms with Gasteiger partial charge in [-0.25, -0.2) is 8.42 Å². The molecule has 1 atom stereocenters. The van der Waals surface area contributed by atoms with Crippen LogP contribution < -0.4 is 5.32 Å². The maximum Gasteiger partial charge on any atom is 0.243 e. The molecule has 1 aromatic heterocycles. The van der Waals surface area contributed by atoms with Crippen LogP contribution in [-0.4, -0.2) is 30.2 Å². The quantitative estimate of drug-likeness (QED) is 0.761. The summed E-state index contributed by atoms with van der Waals surface area (Å²) in [5.41, 5.74) is 1.57. The van der Waals surface area contributed by atoms with E-state index < -0.39 is 10.0 Å². The van der Waals surface area contributed by atoms with Gasteiger partial charge in [0.25, 0.3) is 0 Å². The molecule has 0 bridgehead atoms. The zero-order valence-corrected chi connectivity index (χ0v) is 18.0. The molecule has 6 nitrogen and oxygen atoms in total. The summed E-state index contributed by atoms with van der Waals surface area (Å²) in [7, 11) is -3.63. The summed E-state index contributed by atoms with van der Waals surface area (Å²) >= 11 is 0. The molecule has 0 spiro atoms. The Kier molecular flexibility index (Phi) is 6.49. The van der Waals surface area contributed by atoms with Crippen LogP contribution in [0.15, 0.2) is 53.7 Å². The van der Waals surface area contributed by atoms with Gasteiger partial charge in [0.2, 0.25) is 15.9 Å². The van der Waals surface area contributed by atoms with Crippen molar-refractivity contribution in [3.8, 4) is 0 Å². The first kappa shape index (κ1) is 21.0. The second-order valence-corrected chi connectivity index (χ2v) is 10.2. The summed E-state index contributed by atoms with van der Waals surface area (Å²) < 4.78 is 28.3. The lowest BCUT2D eigenvalue weighted by atomic mass is 9.88.